The summed E-state index contributed by atoms with van der Waals surface area (Å²) in [4.78, 5) is 3.92. The van der Waals surface area contributed by atoms with Crippen LogP contribution in [-0.4, -0.2) is 16.9 Å². The average Bonchev–Trinajstić information content (AvgIpc) is 2.15. The summed E-state index contributed by atoms with van der Waals surface area (Å²) in [6.45, 7) is 1.82. The molecule has 0 saturated heterocycles. The van der Waals surface area contributed by atoms with Gasteiger partial charge in [-0.05, 0) is 24.6 Å². The molecule has 1 aromatic rings. The number of alkyl halides is 1. The minimum atomic E-state index is 0.730. The molecule has 1 aromatic heterocycles. The lowest BCUT2D eigenvalue weighted by Gasteiger charge is -2.04. The highest BCUT2D eigenvalue weighted by Crippen LogP contribution is 2.12. The molecular weight excluding hydrogens is 251 g/mol. The number of rotatable bonds is 5. The van der Waals surface area contributed by atoms with E-state index in [1.165, 1.54) is 0 Å². The Morgan fingerprint density at radius 2 is 2.38 bits per heavy atom. The number of nitrogens with zero attached hydrogens (tertiary/aromatic N) is 1. The van der Waals surface area contributed by atoms with Crippen LogP contribution >= 0.6 is 27.5 Å². The molecule has 13 heavy (non-hydrogen) atoms. The number of hydrogen-bond donors (Lipinski definition) is 1. The monoisotopic (exact) mass is 262 g/mol. The molecule has 0 spiro atoms. The van der Waals surface area contributed by atoms with Gasteiger partial charge in [0.1, 0.15) is 0 Å². The molecule has 1 N–H and O–H groups in total. The predicted molar refractivity (Wildman–Crippen MR) is 59.4 cm³/mol. The molecule has 0 aromatic carbocycles. The number of nitrogens with one attached hydrogen (secondary N) is 1. The van der Waals surface area contributed by atoms with E-state index >= 15 is 0 Å². The van der Waals surface area contributed by atoms with Crippen LogP contribution < -0.4 is 5.32 Å². The van der Waals surface area contributed by atoms with Crippen molar-refractivity contribution in [1.29, 1.82) is 0 Å². The zero-order valence-corrected chi connectivity index (χ0v) is 9.61. The van der Waals surface area contributed by atoms with Crippen molar-refractivity contribution in [2.75, 3.05) is 11.9 Å². The predicted octanol–water partition coefficient (Wildman–Crippen LogP) is 2.61. The normalized spacial score (nSPS) is 10.3. The van der Waals surface area contributed by atoms with Gasteiger partial charge in [-0.15, -0.1) is 0 Å². The van der Waals surface area contributed by atoms with Crippen molar-refractivity contribution in [3.8, 4) is 0 Å². The lowest BCUT2D eigenvalue weighted by Crippen LogP contribution is -2.15. The summed E-state index contributed by atoms with van der Waals surface area (Å²) in [6.07, 6.45) is 4.55. The van der Waals surface area contributed by atoms with Crippen LogP contribution in [0.3, 0.4) is 0 Å². The fraction of sp³-hybridized carbons (Fsp3) is 0.444. The van der Waals surface area contributed by atoms with Crippen molar-refractivity contribution in [3.05, 3.63) is 29.0 Å². The Balaban J connectivity index is 2.32. The topological polar surface area (TPSA) is 24.9 Å². The van der Waals surface area contributed by atoms with Gasteiger partial charge in [-0.3, -0.25) is 4.98 Å². The van der Waals surface area contributed by atoms with Gasteiger partial charge in [0.15, 0.2) is 0 Å². The lowest BCUT2D eigenvalue weighted by molar-refractivity contribution is 0.679. The van der Waals surface area contributed by atoms with Crippen LogP contribution in [0, 0.1) is 0 Å². The Bertz CT molecular complexity index is 255. The number of hydrogen-bond acceptors (Lipinski definition) is 2. The zero-order chi connectivity index (χ0) is 9.52. The molecule has 72 valence electrons. The van der Waals surface area contributed by atoms with Gasteiger partial charge in [-0.2, -0.15) is 0 Å². The van der Waals surface area contributed by atoms with E-state index < -0.39 is 0 Å². The van der Waals surface area contributed by atoms with Crippen molar-refractivity contribution in [1.82, 2.24) is 10.3 Å². The van der Waals surface area contributed by atoms with Gasteiger partial charge in [-0.1, -0.05) is 27.5 Å². The number of halogens is 2. The molecule has 0 atom stereocenters. The highest BCUT2D eigenvalue weighted by Gasteiger charge is 1.97. The van der Waals surface area contributed by atoms with Gasteiger partial charge < -0.3 is 5.32 Å². The summed E-state index contributed by atoms with van der Waals surface area (Å²) in [6, 6.07) is 1.93. The second-order valence-corrected chi connectivity index (χ2v) is 3.89. The standard InChI is InChI=1S/C9H12BrClN2/c10-3-1-4-12-6-8-2-5-13-7-9(8)11/h2,5,7,12H,1,3-4,6H2. The third kappa shape index (κ3) is 4.07. The highest BCUT2D eigenvalue weighted by molar-refractivity contribution is 9.09. The molecule has 0 amide bonds. The van der Waals surface area contributed by atoms with Crippen molar-refractivity contribution < 1.29 is 0 Å². The van der Waals surface area contributed by atoms with Crippen LogP contribution in [0.15, 0.2) is 18.5 Å². The third-order valence-corrected chi connectivity index (χ3v) is 2.56. The van der Waals surface area contributed by atoms with Crippen LogP contribution in [0.25, 0.3) is 0 Å². The summed E-state index contributed by atoms with van der Waals surface area (Å²) >= 11 is 9.30. The molecule has 1 heterocycles. The van der Waals surface area contributed by atoms with Crippen molar-refractivity contribution in [3.63, 3.8) is 0 Å². The summed E-state index contributed by atoms with van der Waals surface area (Å²) in [7, 11) is 0. The van der Waals surface area contributed by atoms with Crippen LogP contribution in [0.1, 0.15) is 12.0 Å². The highest BCUT2D eigenvalue weighted by atomic mass is 79.9. The van der Waals surface area contributed by atoms with Crippen molar-refractivity contribution in [2.24, 2.45) is 0 Å². The maximum atomic E-state index is 5.93. The smallest absolute Gasteiger partial charge is 0.0634 e. The maximum absolute atomic E-state index is 5.93. The van der Waals surface area contributed by atoms with Crippen LogP contribution in [0.4, 0.5) is 0 Å². The summed E-state index contributed by atoms with van der Waals surface area (Å²) in [5.74, 6) is 0. The molecule has 2 nitrogen and oxygen atoms in total. The molecular formula is C9H12BrClN2. The van der Waals surface area contributed by atoms with Crippen LogP contribution in [0.5, 0.6) is 0 Å². The third-order valence-electron chi connectivity index (χ3n) is 1.66. The van der Waals surface area contributed by atoms with Gasteiger partial charge >= 0.3 is 0 Å². The molecule has 0 unspecified atom stereocenters. The van der Waals surface area contributed by atoms with Crippen molar-refractivity contribution in [2.45, 2.75) is 13.0 Å². The van der Waals surface area contributed by atoms with Crippen molar-refractivity contribution >= 4 is 27.5 Å². The average molecular weight is 264 g/mol. The van der Waals surface area contributed by atoms with Crippen LogP contribution in [-0.2, 0) is 6.54 Å². The molecule has 0 bridgehead atoms. The van der Waals surface area contributed by atoms with E-state index in [4.69, 9.17) is 11.6 Å². The molecule has 0 radical (unpaired) electrons. The number of aromatic nitrogens is 1. The Morgan fingerprint density at radius 3 is 3.08 bits per heavy atom. The molecule has 0 aliphatic heterocycles. The van der Waals surface area contributed by atoms with Gasteiger partial charge in [0.05, 0.1) is 5.02 Å². The molecule has 0 aliphatic carbocycles. The molecule has 0 saturated carbocycles. The first kappa shape index (κ1) is 11.0. The summed E-state index contributed by atoms with van der Waals surface area (Å²) in [5.41, 5.74) is 1.10. The second kappa shape index (κ2) is 6.35. The number of pyridine rings is 1. The molecule has 0 aliphatic rings. The van der Waals surface area contributed by atoms with E-state index in [0.29, 0.717) is 0 Å². The molecule has 1 rings (SSSR count). The van der Waals surface area contributed by atoms with Gasteiger partial charge in [0, 0.05) is 24.3 Å². The van der Waals surface area contributed by atoms with E-state index in [1.807, 2.05) is 6.07 Å². The lowest BCUT2D eigenvalue weighted by atomic mass is 10.2. The fourth-order valence-electron chi connectivity index (χ4n) is 0.962. The maximum Gasteiger partial charge on any atom is 0.0634 e. The Kier molecular flexibility index (Phi) is 5.35. The summed E-state index contributed by atoms with van der Waals surface area (Å²) < 4.78 is 0. The van der Waals surface area contributed by atoms with Gasteiger partial charge in [0.25, 0.3) is 0 Å². The SMILES string of the molecule is Clc1cnccc1CNCCCBr. The minimum absolute atomic E-state index is 0.730. The van der Waals surface area contributed by atoms with Gasteiger partial charge in [-0.25, -0.2) is 0 Å². The Hall–Kier alpha value is -0.120. The van der Waals surface area contributed by atoms with E-state index in [0.717, 1.165) is 35.4 Å². The first-order valence-corrected chi connectivity index (χ1v) is 5.69. The minimum Gasteiger partial charge on any atom is -0.313 e. The Labute approximate surface area is 91.8 Å². The fourth-order valence-corrected chi connectivity index (χ4v) is 1.43. The van der Waals surface area contributed by atoms with Gasteiger partial charge in [0.2, 0.25) is 0 Å². The summed E-state index contributed by atoms with van der Waals surface area (Å²) in [5, 5.41) is 5.06. The quantitative estimate of drug-likeness (QED) is 0.652. The first-order chi connectivity index (χ1) is 6.34. The molecule has 4 heteroatoms. The van der Waals surface area contributed by atoms with E-state index in [-0.39, 0.29) is 0 Å². The van der Waals surface area contributed by atoms with Crippen LogP contribution in [0.2, 0.25) is 5.02 Å². The van der Waals surface area contributed by atoms with E-state index in [2.05, 4.69) is 26.2 Å². The Morgan fingerprint density at radius 1 is 1.54 bits per heavy atom. The second-order valence-electron chi connectivity index (χ2n) is 2.69. The first-order valence-electron chi connectivity index (χ1n) is 4.19. The molecule has 0 fully saturated rings. The van der Waals surface area contributed by atoms with E-state index in [1.54, 1.807) is 12.4 Å². The van der Waals surface area contributed by atoms with E-state index in [9.17, 15) is 0 Å². The largest absolute Gasteiger partial charge is 0.313 e. The zero-order valence-electron chi connectivity index (χ0n) is 7.26.